The molecule has 0 aromatic rings. The molecule has 0 fully saturated rings. The highest BCUT2D eigenvalue weighted by atomic mass is 16.6. The molecular formula is C61H116O5. The summed E-state index contributed by atoms with van der Waals surface area (Å²) < 4.78 is 17.5. The minimum atomic E-state index is -0.530. The summed E-state index contributed by atoms with van der Waals surface area (Å²) in [5.74, 6) is -0.377. The molecule has 0 aliphatic rings. The van der Waals surface area contributed by atoms with Crippen LogP contribution in [-0.4, -0.2) is 37.9 Å². The summed E-state index contributed by atoms with van der Waals surface area (Å²) in [6.45, 7) is 7.88. The Bertz CT molecular complexity index is 1010. The van der Waals surface area contributed by atoms with E-state index in [4.69, 9.17) is 14.2 Å². The quantitative estimate of drug-likeness (QED) is 0.0345. The van der Waals surface area contributed by atoms with Crippen LogP contribution in [0.25, 0.3) is 0 Å². The number of carbonyl (C=O) groups is 2. The highest BCUT2D eigenvalue weighted by Crippen LogP contribution is 2.17. The van der Waals surface area contributed by atoms with Gasteiger partial charge in [-0.2, -0.15) is 0 Å². The van der Waals surface area contributed by atoms with Crippen LogP contribution in [0.2, 0.25) is 0 Å². The van der Waals surface area contributed by atoms with Crippen molar-refractivity contribution in [3.63, 3.8) is 0 Å². The molecule has 5 heteroatoms. The zero-order chi connectivity index (χ0) is 47.7. The normalized spacial score (nSPS) is 12.2. The van der Waals surface area contributed by atoms with Crippen LogP contribution in [0.4, 0.5) is 0 Å². The summed E-state index contributed by atoms with van der Waals surface area (Å²) in [7, 11) is 0. The molecule has 0 saturated heterocycles. The Hall–Kier alpha value is -1.62. The molecule has 0 aliphatic heterocycles. The highest BCUT2D eigenvalue weighted by Gasteiger charge is 2.17. The smallest absolute Gasteiger partial charge is 0.306 e. The van der Waals surface area contributed by atoms with Gasteiger partial charge in [0.2, 0.25) is 0 Å². The van der Waals surface area contributed by atoms with E-state index in [2.05, 4.69) is 45.1 Å². The van der Waals surface area contributed by atoms with Crippen LogP contribution in [0, 0.1) is 0 Å². The molecule has 0 aromatic carbocycles. The van der Waals surface area contributed by atoms with Gasteiger partial charge < -0.3 is 14.2 Å². The number of unbranched alkanes of at least 4 members (excludes halogenated alkanes) is 41. The van der Waals surface area contributed by atoms with E-state index >= 15 is 0 Å². The lowest BCUT2D eigenvalue weighted by Crippen LogP contribution is -2.30. The summed E-state index contributed by atoms with van der Waals surface area (Å²) in [5, 5.41) is 0. The molecule has 0 radical (unpaired) electrons. The van der Waals surface area contributed by atoms with Gasteiger partial charge in [0.15, 0.2) is 6.10 Å². The molecule has 0 saturated carbocycles. The first-order valence-corrected chi connectivity index (χ1v) is 29.9. The molecule has 0 rings (SSSR count). The predicted molar refractivity (Wildman–Crippen MR) is 289 cm³/mol. The molecule has 66 heavy (non-hydrogen) atoms. The number of hydrogen-bond acceptors (Lipinski definition) is 5. The SMILES string of the molecule is CCCCC/C=C\C/C=C\CCCCCCCCCCCC(=O)OCC(COCCCCCCCCCCCCCC)OC(=O)CCCCCCCCCCCCCCCCCCCCC. The number of hydrogen-bond donors (Lipinski definition) is 0. The summed E-state index contributed by atoms with van der Waals surface area (Å²) >= 11 is 0. The monoisotopic (exact) mass is 929 g/mol. The molecule has 5 nitrogen and oxygen atoms in total. The van der Waals surface area contributed by atoms with Gasteiger partial charge in [-0.05, 0) is 51.4 Å². The van der Waals surface area contributed by atoms with Gasteiger partial charge in [0.05, 0.1) is 6.61 Å². The number of allylic oxidation sites excluding steroid dienone is 4. The number of rotatable bonds is 56. The van der Waals surface area contributed by atoms with Gasteiger partial charge in [0.1, 0.15) is 6.61 Å². The third-order valence-electron chi connectivity index (χ3n) is 13.5. The van der Waals surface area contributed by atoms with Crippen molar-refractivity contribution in [2.75, 3.05) is 19.8 Å². The Kier molecular flexibility index (Phi) is 56.3. The molecule has 0 bridgehead atoms. The van der Waals surface area contributed by atoms with Crippen LogP contribution >= 0.6 is 0 Å². The molecule has 1 atom stereocenters. The Morgan fingerprint density at radius 1 is 0.333 bits per heavy atom. The Labute approximate surface area is 413 Å². The van der Waals surface area contributed by atoms with Crippen molar-refractivity contribution in [2.45, 2.75) is 335 Å². The average Bonchev–Trinajstić information content (AvgIpc) is 3.32. The van der Waals surface area contributed by atoms with Gasteiger partial charge in [-0.25, -0.2) is 0 Å². The third kappa shape index (κ3) is 55.0. The molecule has 0 N–H and O–H groups in total. The van der Waals surface area contributed by atoms with Crippen molar-refractivity contribution in [1.82, 2.24) is 0 Å². The Balaban J connectivity index is 4.17. The van der Waals surface area contributed by atoms with Gasteiger partial charge in [-0.3, -0.25) is 9.59 Å². The van der Waals surface area contributed by atoms with Crippen molar-refractivity contribution in [3.05, 3.63) is 24.3 Å². The molecule has 390 valence electrons. The lowest BCUT2D eigenvalue weighted by molar-refractivity contribution is -0.163. The Morgan fingerprint density at radius 3 is 1.03 bits per heavy atom. The van der Waals surface area contributed by atoms with E-state index in [9.17, 15) is 9.59 Å². The Morgan fingerprint density at radius 2 is 0.636 bits per heavy atom. The van der Waals surface area contributed by atoms with Gasteiger partial charge in [-0.15, -0.1) is 0 Å². The van der Waals surface area contributed by atoms with Gasteiger partial charge >= 0.3 is 11.9 Å². The topological polar surface area (TPSA) is 61.8 Å². The van der Waals surface area contributed by atoms with E-state index in [1.165, 1.54) is 257 Å². The maximum atomic E-state index is 12.9. The first-order valence-electron chi connectivity index (χ1n) is 29.9. The van der Waals surface area contributed by atoms with Crippen molar-refractivity contribution in [1.29, 1.82) is 0 Å². The zero-order valence-corrected chi connectivity index (χ0v) is 45.0. The minimum Gasteiger partial charge on any atom is -0.462 e. The summed E-state index contributed by atoms with van der Waals surface area (Å²) in [6, 6.07) is 0. The van der Waals surface area contributed by atoms with E-state index in [0.29, 0.717) is 26.1 Å². The van der Waals surface area contributed by atoms with E-state index in [1.807, 2.05) is 0 Å². The van der Waals surface area contributed by atoms with E-state index in [0.717, 1.165) is 38.5 Å². The average molecular weight is 930 g/mol. The lowest BCUT2D eigenvalue weighted by atomic mass is 10.0. The third-order valence-corrected chi connectivity index (χ3v) is 13.5. The van der Waals surface area contributed by atoms with E-state index in [1.54, 1.807) is 0 Å². The summed E-state index contributed by atoms with van der Waals surface area (Å²) in [4.78, 5) is 25.5. The van der Waals surface area contributed by atoms with Crippen molar-refractivity contribution in [3.8, 4) is 0 Å². The molecule has 0 aliphatic carbocycles. The fourth-order valence-electron chi connectivity index (χ4n) is 9.01. The second kappa shape index (κ2) is 57.7. The van der Waals surface area contributed by atoms with Crippen LogP contribution in [0.15, 0.2) is 24.3 Å². The predicted octanol–water partition coefficient (Wildman–Crippen LogP) is 20.4. The minimum absolute atomic E-state index is 0.0914. The van der Waals surface area contributed by atoms with Crippen molar-refractivity contribution >= 4 is 11.9 Å². The maximum absolute atomic E-state index is 12.9. The maximum Gasteiger partial charge on any atom is 0.306 e. The second-order valence-electron chi connectivity index (χ2n) is 20.3. The van der Waals surface area contributed by atoms with Crippen LogP contribution in [-0.2, 0) is 23.8 Å². The lowest BCUT2D eigenvalue weighted by Gasteiger charge is -2.18. The first kappa shape index (κ1) is 64.4. The van der Waals surface area contributed by atoms with Crippen LogP contribution < -0.4 is 0 Å². The first-order chi connectivity index (χ1) is 32.6. The van der Waals surface area contributed by atoms with Crippen molar-refractivity contribution in [2.24, 2.45) is 0 Å². The summed E-state index contributed by atoms with van der Waals surface area (Å²) in [6.07, 6.45) is 69.1. The summed E-state index contributed by atoms with van der Waals surface area (Å²) in [5.41, 5.74) is 0. The largest absolute Gasteiger partial charge is 0.462 e. The highest BCUT2D eigenvalue weighted by molar-refractivity contribution is 5.70. The van der Waals surface area contributed by atoms with E-state index in [-0.39, 0.29) is 18.5 Å². The molecule has 0 aromatic heterocycles. The van der Waals surface area contributed by atoms with Crippen LogP contribution in [0.5, 0.6) is 0 Å². The van der Waals surface area contributed by atoms with Crippen molar-refractivity contribution < 1.29 is 23.8 Å². The van der Waals surface area contributed by atoms with Crippen LogP contribution in [0.3, 0.4) is 0 Å². The number of esters is 2. The fraction of sp³-hybridized carbons (Fsp3) is 0.902. The van der Waals surface area contributed by atoms with Gasteiger partial charge in [0, 0.05) is 19.4 Å². The molecular weight excluding hydrogens is 813 g/mol. The van der Waals surface area contributed by atoms with Gasteiger partial charge in [-0.1, -0.05) is 289 Å². The molecule has 0 spiro atoms. The fourth-order valence-corrected chi connectivity index (χ4v) is 9.01. The molecule has 0 heterocycles. The zero-order valence-electron chi connectivity index (χ0n) is 45.0. The second-order valence-corrected chi connectivity index (χ2v) is 20.3. The van der Waals surface area contributed by atoms with Crippen LogP contribution in [0.1, 0.15) is 329 Å². The van der Waals surface area contributed by atoms with E-state index < -0.39 is 6.10 Å². The van der Waals surface area contributed by atoms with Gasteiger partial charge in [0.25, 0.3) is 0 Å². The standard InChI is InChI=1S/C61H116O5/c1-4-7-10-13-16-19-22-25-27-29-31-33-35-37-39-42-45-48-51-54-60(62)65-58-59(57-64-56-53-50-47-44-41-24-21-18-15-12-9-6-3)66-61(63)55-52-49-46-43-40-38-36-34-32-30-28-26-23-20-17-14-11-8-5-2/h16,19,25,27,59H,4-15,17-18,20-24,26,28-58H2,1-3H3/b19-16-,27-25-. The molecule has 0 amide bonds. The molecule has 1 unspecified atom stereocenters. The number of ether oxygens (including phenoxy) is 3. The number of carbonyl (C=O) groups excluding carboxylic acids is 2.